The minimum Gasteiger partial charge on any atom is -0.462 e. The summed E-state index contributed by atoms with van der Waals surface area (Å²) in [5.41, 5.74) is 1.96. The van der Waals surface area contributed by atoms with Crippen LogP contribution < -0.4 is 0 Å². The number of unbranched alkanes of at least 4 members (excludes halogenated alkanes) is 2. The fourth-order valence-electron chi connectivity index (χ4n) is 2.36. The molecule has 0 heterocycles. The van der Waals surface area contributed by atoms with Gasteiger partial charge in [-0.25, -0.2) is 4.79 Å². The van der Waals surface area contributed by atoms with Crippen molar-refractivity contribution in [1.29, 1.82) is 0 Å². The normalized spacial score (nSPS) is 12.1. The Labute approximate surface area is 129 Å². The van der Waals surface area contributed by atoms with Gasteiger partial charge < -0.3 is 4.74 Å². The summed E-state index contributed by atoms with van der Waals surface area (Å²) < 4.78 is 5.46. The Morgan fingerprint density at radius 3 is 2.29 bits per heavy atom. The van der Waals surface area contributed by atoms with Crippen molar-refractivity contribution in [3.05, 3.63) is 35.4 Å². The molecule has 1 aromatic carbocycles. The zero-order valence-corrected chi connectivity index (χ0v) is 13.9. The molecule has 0 bridgehead atoms. The van der Waals surface area contributed by atoms with E-state index in [4.69, 9.17) is 4.74 Å². The van der Waals surface area contributed by atoms with Crippen LogP contribution in [-0.2, 0) is 11.2 Å². The lowest BCUT2D eigenvalue weighted by Crippen LogP contribution is -2.14. The van der Waals surface area contributed by atoms with Crippen LogP contribution in [0.5, 0.6) is 0 Å². The topological polar surface area (TPSA) is 26.3 Å². The Bertz CT molecular complexity index is 395. The van der Waals surface area contributed by atoms with Gasteiger partial charge in [0.25, 0.3) is 0 Å². The summed E-state index contributed by atoms with van der Waals surface area (Å²) in [6.45, 7) is 7.09. The number of rotatable bonds is 10. The number of hydrogen-bond donors (Lipinski definition) is 0. The van der Waals surface area contributed by atoms with E-state index in [0.29, 0.717) is 18.1 Å². The Kier molecular flexibility index (Phi) is 8.80. The number of carbonyl (C=O) groups is 1. The third kappa shape index (κ3) is 6.79. The zero-order valence-electron chi connectivity index (χ0n) is 13.9. The monoisotopic (exact) mass is 290 g/mol. The highest BCUT2D eigenvalue weighted by Crippen LogP contribution is 2.14. The molecular formula is C19H30O2. The van der Waals surface area contributed by atoms with Crippen LogP contribution in [0.2, 0.25) is 0 Å². The molecule has 2 nitrogen and oxygen atoms in total. The average Bonchev–Trinajstić information content (AvgIpc) is 2.53. The maximum Gasteiger partial charge on any atom is 0.338 e. The van der Waals surface area contributed by atoms with E-state index in [1.54, 1.807) is 0 Å². The SMILES string of the molecule is CCCCc1ccc(C(=O)OCC(CC)CCCC)cc1. The van der Waals surface area contributed by atoms with Crippen LogP contribution in [0, 0.1) is 5.92 Å². The van der Waals surface area contributed by atoms with Crippen molar-refractivity contribution in [1.82, 2.24) is 0 Å². The summed E-state index contributed by atoms with van der Waals surface area (Å²) in [4.78, 5) is 12.0. The molecule has 0 saturated carbocycles. The fraction of sp³-hybridized carbons (Fsp3) is 0.632. The van der Waals surface area contributed by atoms with E-state index in [1.807, 2.05) is 24.3 Å². The second kappa shape index (κ2) is 10.4. The summed E-state index contributed by atoms with van der Waals surface area (Å²) in [5, 5.41) is 0. The van der Waals surface area contributed by atoms with Gasteiger partial charge in [0.05, 0.1) is 12.2 Å². The summed E-state index contributed by atoms with van der Waals surface area (Å²) in [5.74, 6) is 0.310. The standard InChI is InChI=1S/C19H30O2/c1-4-7-9-16(6-3)15-21-19(20)18-13-11-17(12-14-18)10-8-5-2/h11-14,16H,4-10,15H2,1-3H3. The molecule has 0 aliphatic heterocycles. The molecule has 0 spiro atoms. The van der Waals surface area contributed by atoms with E-state index in [9.17, 15) is 4.79 Å². The predicted molar refractivity (Wildman–Crippen MR) is 88.6 cm³/mol. The minimum absolute atomic E-state index is 0.188. The van der Waals surface area contributed by atoms with Crippen molar-refractivity contribution >= 4 is 5.97 Å². The van der Waals surface area contributed by atoms with E-state index >= 15 is 0 Å². The van der Waals surface area contributed by atoms with Crippen molar-refractivity contribution < 1.29 is 9.53 Å². The molecule has 0 N–H and O–H groups in total. The molecule has 1 unspecified atom stereocenters. The summed E-state index contributed by atoms with van der Waals surface area (Å²) in [6.07, 6.45) is 8.10. The Morgan fingerprint density at radius 2 is 1.71 bits per heavy atom. The van der Waals surface area contributed by atoms with E-state index in [-0.39, 0.29) is 5.97 Å². The fourth-order valence-corrected chi connectivity index (χ4v) is 2.36. The lowest BCUT2D eigenvalue weighted by molar-refractivity contribution is 0.0428. The first-order chi connectivity index (χ1) is 10.2. The van der Waals surface area contributed by atoms with Crippen molar-refractivity contribution in [2.75, 3.05) is 6.61 Å². The van der Waals surface area contributed by atoms with Gasteiger partial charge in [0, 0.05) is 0 Å². The maximum atomic E-state index is 12.0. The van der Waals surface area contributed by atoms with Crippen LogP contribution in [0.15, 0.2) is 24.3 Å². The molecule has 0 aromatic heterocycles. The number of ether oxygens (including phenoxy) is 1. The molecule has 0 radical (unpaired) electrons. The van der Waals surface area contributed by atoms with Gasteiger partial charge in [0.15, 0.2) is 0 Å². The highest BCUT2D eigenvalue weighted by Gasteiger charge is 2.11. The van der Waals surface area contributed by atoms with Gasteiger partial charge in [0.1, 0.15) is 0 Å². The summed E-state index contributed by atoms with van der Waals surface area (Å²) in [7, 11) is 0. The Balaban J connectivity index is 2.43. The van der Waals surface area contributed by atoms with Crippen molar-refractivity contribution in [2.24, 2.45) is 5.92 Å². The lowest BCUT2D eigenvalue weighted by Gasteiger charge is -2.14. The zero-order chi connectivity index (χ0) is 15.5. The van der Waals surface area contributed by atoms with Crippen molar-refractivity contribution in [2.45, 2.75) is 65.7 Å². The first-order valence-corrected chi connectivity index (χ1v) is 8.47. The molecule has 1 atom stereocenters. The first-order valence-electron chi connectivity index (χ1n) is 8.47. The molecule has 0 amide bonds. The third-order valence-corrected chi connectivity index (χ3v) is 4.00. The van der Waals surface area contributed by atoms with E-state index in [2.05, 4.69) is 20.8 Å². The van der Waals surface area contributed by atoms with Crippen molar-refractivity contribution in [3.8, 4) is 0 Å². The molecule has 2 heteroatoms. The van der Waals surface area contributed by atoms with E-state index in [1.165, 1.54) is 31.2 Å². The molecule has 0 aliphatic carbocycles. The van der Waals surface area contributed by atoms with E-state index in [0.717, 1.165) is 19.3 Å². The van der Waals surface area contributed by atoms with Crippen LogP contribution in [0.4, 0.5) is 0 Å². The number of hydrogen-bond acceptors (Lipinski definition) is 2. The smallest absolute Gasteiger partial charge is 0.338 e. The van der Waals surface area contributed by atoms with E-state index < -0.39 is 0 Å². The van der Waals surface area contributed by atoms with Gasteiger partial charge in [-0.3, -0.25) is 0 Å². The number of carbonyl (C=O) groups excluding carboxylic acids is 1. The third-order valence-electron chi connectivity index (χ3n) is 4.00. The molecule has 1 rings (SSSR count). The molecular weight excluding hydrogens is 260 g/mol. The van der Waals surface area contributed by atoms with Gasteiger partial charge in [-0.15, -0.1) is 0 Å². The molecule has 21 heavy (non-hydrogen) atoms. The van der Waals surface area contributed by atoms with Crippen LogP contribution in [0.3, 0.4) is 0 Å². The quantitative estimate of drug-likeness (QED) is 0.539. The van der Waals surface area contributed by atoms with Gasteiger partial charge in [-0.2, -0.15) is 0 Å². The molecule has 1 aromatic rings. The molecule has 0 fully saturated rings. The van der Waals surface area contributed by atoms with Gasteiger partial charge in [0.2, 0.25) is 0 Å². The lowest BCUT2D eigenvalue weighted by atomic mass is 10.0. The van der Waals surface area contributed by atoms with Crippen LogP contribution in [-0.4, -0.2) is 12.6 Å². The van der Waals surface area contributed by atoms with Crippen molar-refractivity contribution in [3.63, 3.8) is 0 Å². The first kappa shape index (κ1) is 17.7. The maximum absolute atomic E-state index is 12.0. The molecule has 0 aliphatic rings. The van der Waals surface area contributed by atoms with Gasteiger partial charge >= 0.3 is 5.97 Å². The average molecular weight is 290 g/mol. The predicted octanol–water partition coefficient (Wildman–Crippen LogP) is 5.40. The minimum atomic E-state index is -0.188. The largest absolute Gasteiger partial charge is 0.462 e. The molecule has 0 saturated heterocycles. The Morgan fingerprint density at radius 1 is 1.05 bits per heavy atom. The van der Waals surface area contributed by atoms with Crippen LogP contribution in [0.1, 0.15) is 75.2 Å². The van der Waals surface area contributed by atoms with Crippen LogP contribution in [0.25, 0.3) is 0 Å². The molecule has 118 valence electrons. The Hall–Kier alpha value is -1.31. The number of aryl methyl sites for hydroxylation is 1. The van der Waals surface area contributed by atoms with Crippen LogP contribution >= 0.6 is 0 Å². The second-order valence-corrected chi connectivity index (χ2v) is 5.82. The van der Waals surface area contributed by atoms with Gasteiger partial charge in [-0.05, 0) is 42.9 Å². The number of esters is 1. The summed E-state index contributed by atoms with van der Waals surface area (Å²) in [6, 6.07) is 7.86. The highest BCUT2D eigenvalue weighted by molar-refractivity contribution is 5.89. The second-order valence-electron chi connectivity index (χ2n) is 5.82. The van der Waals surface area contributed by atoms with Gasteiger partial charge in [-0.1, -0.05) is 58.6 Å². The summed E-state index contributed by atoms with van der Waals surface area (Å²) >= 11 is 0. The number of benzene rings is 1. The highest BCUT2D eigenvalue weighted by atomic mass is 16.5.